The maximum Gasteiger partial charge on any atom is 0.137 e. The van der Waals surface area contributed by atoms with Gasteiger partial charge in [-0.1, -0.05) is 13.8 Å². The molecular weight excluding hydrogens is 309 g/mol. The van der Waals surface area contributed by atoms with Crippen LogP contribution in [0.5, 0.6) is 0 Å². The zero-order valence-corrected chi connectivity index (χ0v) is 12.6. The van der Waals surface area contributed by atoms with Gasteiger partial charge >= 0.3 is 0 Å². The summed E-state index contributed by atoms with van der Waals surface area (Å²) in [6.07, 6.45) is 1.88. The molecular formula is C14H17BrFN3. The molecule has 1 N–H and O–H groups in total. The van der Waals surface area contributed by atoms with Crippen LogP contribution in [0.4, 0.5) is 4.39 Å². The van der Waals surface area contributed by atoms with E-state index in [1.807, 2.05) is 12.3 Å². The zero-order valence-electron chi connectivity index (χ0n) is 11.0. The first-order chi connectivity index (χ1) is 9.06. The summed E-state index contributed by atoms with van der Waals surface area (Å²) in [6, 6.07) is 6.81. The lowest BCUT2D eigenvalue weighted by Gasteiger charge is -2.05. The second-order valence-corrected chi connectivity index (χ2v) is 5.73. The van der Waals surface area contributed by atoms with E-state index in [1.165, 1.54) is 6.07 Å². The van der Waals surface area contributed by atoms with E-state index in [9.17, 15) is 4.39 Å². The van der Waals surface area contributed by atoms with Crippen molar-refractivity contribution in [1.82, 2.24) is 15.1 Å². The van der Waals surface area contributed by atoms with Crippen molar-refractivity contribution in [2.75, 3.05) is 6.54 Å². The first kappa shape index (κ1) is 14.2. The Hall–Kier alpha value is -1.20. The number of aromatic nitrogens is 2. The topological polar surface area (TPSA) is 29.9 Å². The smallest absolute Gasteiger partial charge is 0.137 e. The molecule has 0 aliphatic heterocycles. The van der Waals surface area contributed by atoms with E-state index in [1.54, 1.807) is 16.8 Å². The fourth-order valence-corrected chi connectivity index (χ4v) is 2.08. The fourth-order valence-electron chi connectivity index (χ4n) is 1.72. The highest BCUT2D eigenvalue weighted by molar-refractivity contribution is 9.10. The first-order valence-corrected chi connectivity index (χ1v) is 7.06. The first-order valence-electron chi connectivity index (χ1n) is 6.27. The Kier molecular flexibility index (Phi) is 4.71. The molecule has 1 heterocycles. The molecule has 0 bridgehead atoms. The number of benzene rings is 1. The van der Waals surface area contributed by atoms with Crippen molar-refractivity contribution in [3.05, 3.63) is 46.4 Å². The molecule has 1 aromatic carbocycles. The van der Waals surface area contributed by atoms with Crippen LogP contribution in [0.1, 0.15) is 19.5 Å². The fraction of sp³-hybridized carbons (Fsp3) is 0.357. The molecule has 0 radical (unpaired) electrons. The quantitative estimate of drug-likeness (QED) is 0.911. The molecule has 0 aliphatic carbocycles. The molecule has 0 saturated heterocycles. The van der Waals surface area contributed by atoms with Crippen LogP contribution in [-0.4, -0.2) is 16.3 Å². The van der Waals surface area contributed by atoms with Gasteiger partial charge in [-0.05, 0) is 52.7 Å². The summed E-state index contributed by atoms with van der Waals surface area (Å²) in [4.78, 5) is 0. The number of hydrogen-bond acceptors (Lipinski definition) is 2. The minimum atomic E-state index is -0.269. The summed E-state index contributed by atoms with van der Waals surface area (Å²) in [7, 11) is 0. The molecule has 5 heteroatoms. The van der Waals surface area contributed by atoms with Gasteiger partial charge < -0.3 is 5.32 Å². The largest absolute Gasteiger partial charge is 0.311 e. The SMILES string of the molecule is CC(C)CNCc1ccn(-c2ccc(F)c(Br)c2)n1. The summed E-state index contributed by atoms with van der Waals surface area (Å²) >= 11 is 3.18. The third-order valence-electron chi connectivity index (χ3n) is 2.67. The highest BCUT2D eigenvalue weighted by atomic mass is 79.9. The van der Waals surface area contributed by atoms with Crippen LogP contribution >= 0.6 is 15.9 Å². The molecule has 102 valence electrons. The molecule has 0 atom stereocenters. The van der Waals surface area contributed by atoms with Crippen LogP contribution in [0.3, 0.4) is 0 Å². The Bertz CT molecular complexity index is 551. The van der Waals surface area contributed by atoms with Crippen LogP contribution in [0.15, 0.2) is 34.9 Å². The van der Waals surface area contributed by atoms with E-state index in [2.05, 4.69) is 40.2 Å². The second-order valence-electron chi connectivity index (χ2n) is 4.87. The molecule has 2 rings (SSSR count). The summed E-state index contributed by atoms with van der Waals surface area (Å²) in [5.74, 6) is 0.352. The molecule has 0 fully saturated rings. The van der Waals surface area contributed by atoms with Gasteiger partial charge in [-0.2, -0.15) is 5.10 Å². The molecule has 0 amide bonds. The zero-order chi connectivity index (χ0) is 13.8. The van der Waals surface area contributed by atoms with E-state index in [-0.39, 0.29) is 5.82 Å². The molecule has 0 aliphatic rings. The van der Waals surface area contributed by atoms with Crippen LogP contribution < -0.4 is 5.32 Å². The molecule has 0 spiro atoms. The van der Waals surface area contributed by atoms with E-state index >= 15 is 0 Å². The van der Waals surface area contributed by atoms with E-state index in [0.29, 0.717) is 10.4 Å². The van der Waals surface area contributed by atoms with Crippen LogP contribution in [0.2, 0.25) is 0 Å². The predicted octanol–water partition coefficient (Wildman–Crippen LogP) is 3.52. The van der Waals surface area contributed by atoms with Crippen molar-refractivity contribution >= 4 is 15.9 Å². The number of rotatable bonds is 5. The van der Waals surface area contributed by atoms with Gasteiger partial charge in [-0.3, -0.25) is 0 Å². The number of nitrogens with zero attached hydrogens (tertiary/aromatic N) is 2. The van der Waals surface area contributed by atoms with Gasteiger partial charge in [0.25, 0.3) is 0 Å². The maximum absolute atomic E-state index is 13.2. The summed E-state index contributed by atoms with van der Waals surface area (Å²) in [6.45, 7) is 6.05. The Morgan fingerprint density at radius 1 is 1.37 bits per heavy atom. The Labute approximate surface area is 121 Å². The van der Waals surface area contributed by atoms with E-state index in [0.717, 1.165) is 24.5 Å². The monoisotopic (exact) mass is 325 g/mol. The second kappa shape index (κ2) is 6.30. The van der Waals surface area contributed by atoms with Gasteiger partial charge in [-0.15, -0.1) is 0 Å². The van der Waals surface area contributed by atoms with Crippen molar-refractivity contribution in [1.29, 1.82) is 0 Å². The van der Waals surface area contributed by atoms with Gasteiger partial charge in [0.2, 0.25) is 0 Å². The molecule has 1 aromatic heterocycles. The van der Waals surface area contributed by atoms with E-state index < -0.39 is 0 Å². The highest BCUT2D eigenvalue weighted by Gasteiger charge is 2.04. The van der Waals surface area contributed by atoms with Crippen molar-refractivity contribution in [3.8, 4) is 5.69 Å². The minimum absolute atomic E-state index is 0.269. The molecule has 0 saturated carbocycles. The van der Waals surface area contributed by atoms with Gasteiger partial charge in [0.1, 0.15) is 5.82 Å². The Balaban J connectivity index is 2.05. The van der Waals surface area contributed by atoms with Crippen molar-refractivity contribution in [3.63, 3.8) is 0 Å². The van der Waals surface area contributed by atoms with Crippen LogP contribution in [0.25, 0.3) is 5.69 Å². The number of hydrogen-bond donors (Lipinski definition) is 1. The van der Waals surface area contributed by atoms with Gasteiger partial charge in [-0.25, -0.2) is 9.07 Å². The summed E-state index contributed by atoms with van der Waals surface area (Å²) < 4.78 is 15.4. The lowest BCUT2D eigenvalue weighted by Crippen LogP contribution is -2.19. The Morgan fingerprint density at radius 2 is 2.16 bits per heavy atom. The standard InChI is InChI=1S/C14H17BrFN3/c1-10(2)8-17-9-11-5-6-19(18-11)12-3-4-14(16)13(15)7-12/h3-7,10,17H,8-9H2,1-2H3. The van der Waals surface area contributed by atoms with Crippen molar-refractivity contribution < 1.29 is 4.39 Å². The highest BCUT2D eigenvalue weighted by Crippen LogP contribution is 2.19. The lowest BCUT2D eigenvalue weighted by molar-refractivity contribution is 0.546. The third kappa shape index (κ3) is 3.88. The van der Waals surface area contributed by atoms with Gasteiger partial charge in [0, 0.05) is 12.7 Å². The Morgan fingerprint density at radius 3 is 2.84 bits per heavy atom. The van der Waals surface area contributed by atoms with Gasteiger partial charge in [0.15, 0.2) is 0 Å². The molecule has 0 unspecified atom stereocenters. The normalized spacial score (nSPS) is 11.2. The average Bonchev–Trinajstić information content (AvgIpc) is 2.81. The van der Waals surface area contributed by atoms with E-state index in [4.69, 9.17) is 0 Å². The lowest BCUT2D eigenvalue weighted by atomic mass is 10.2. The van der Waals surface area contributed by atoms with Crippen molar-refractivity contribution in [2.45, 2.75) is 20.4 Å². The van der Waals surface area contributed by atoms with Crippen molar-refractivity contribution in [2.24, 2.45) is 5.92 Å². The third-order valence-corrected chi connectivity index (χ3v) is 3.28. The van der Waals surface area contributed by atoms with Crippen LogP contribution in [-0.2, 0) is 6.54 Å². The predicted molar refractivity (Wildman–Crippen MR) is 77.8 cm³/mol. The number of nitrogens with one attached hydrogen (secondary N) is 1. The maximum atomic E-state index is 13.2. The minimum Gasteiger partial charge on any atom is -0.311 e. The number of halogens is 2. The summed E-state index contributed by atoms with van der Waals surface area (Å²) in [5.41, 5.74) is 1.81. The molecule has 3 nitrogen and oxygen atoms in total. The van der Waals surface area contributed by atoms with Gasteiger partial charge in [0.05, 0.1) is 15.9 Å². The van der Waals surface area contributed by atoms with Crippen LogP contribution in [0, 0.1) is 11.7 Å². The average molecular weight is 326 g/mol. The molecule has 2 aromatic rings. The summed E-state index contributed by atoms with van der Waals surface area (Å²) in [5, 5.41) is 7.80. The molecule has 19 heavy (non-hydrogen) atoms.